The van der Waals surface area contributed by atoms with Crippen LogP contribution in [0.5, 0.6) is 0 Å². The molecule has 0 radical (unpaired) electrons. The number of nitrogens with one attached hydrogen (secondary N) is 3. The smallest absolute Gasteiger partial charge is 0.326 e. The third kappa shape index (κ3) is 5.50. The van der Waals surface area contributed by atoms with Gasteiger partial charge >= 0.3 is 5.97 Å². The first-order chi connectivity index (χ1) is 16.8. The number of nitrogens with two attached hydrogens (primary N) is 1. The van der Waals surface area contributed by atoms with Crippen LogP contribution in [0.2, 0.25) is 0 Å². The summed E-state index contributed by atoms with van der Waals surface area (Å²) in [5.41, 5.74) is 7.46. The average Bonchev–Trinajstić information content (AvgIpc) is 3.63. The van der Waals surface area contributed by atoms with Gasteiger partial charge in [0.05, 0.1) is 18.7 Å². The van der Waals surface area contributed by atoms with Crippen LogP contribution in [0.3, 0.4) is 0 Å². The van der Waals surface area contributed by atoms with Gasteiger partial charge in [-0.3, -0.25) is 14.4 Å². The predicted molar refractivity (Wildman–Crippen MR) is 122 cm³/mol. The molecule has 0 aromatic carbocycles. The van der Waals surface area contributed by atoms with Gasteiger partial charge in [0.1, 0.15) is 18.1 Å². The number of imidazole rings is 2. The van der Waals surface area contributed by atoms with Crippen LogP contribution in [-0.2, 0) is 32.0 Å². The van der Waals surface area contributed by atoms with Crippen LogP contribution >= 0.6 is 0 Å². The molecule has 4 rings (SSSR count). The van der Waals surface area contributed by atoms with Crippen LogP contribution in [0.4, 0.5) is 0 Å². The van der Waals surface area contributed by atoms with Crippen molar-refractivity contribution in [1.29, 1.82) is 0 Å². The molecule has 0 saturated carbocycles. The van der Waals surface area contributed by atoms with Gasteiger partial charge in [-0.2, -0.15) is 0 Å². The van der Waals surface area contributed by atoms with Gasteiger partial charge in [-0.1, -0.05) is 0 Å². The van der Waals surface area contributed by atoms with Crippen molar-refractivity contribution in [3.05, 3.63) is 36.4 Å². The number of aliphatic carboxylic acids is 1. The van der Waals surface area contributed by atoms with E-state index in [1.54, 1.807) is 12.4 Å². The average molecular weight is 487 g/mol. The van der Waals surface area contributed by atoms with Crippen molar-refractivity contribution >= 4 is 23.7 Å². The number of hydrogen-bond acceptors (Lipinski definition) is 7. The highest BCUT2D eigenvalue weighted by Gasteiger charge is 2.41. The van der Waals surface area contributed by atoms with Gasteiger partial charge in [0.25, 0.3) is 0 Å². The summed E-state index contributed by atoms with van der Waals surface area (Å²) in [6.07, 6.45) is 8.51. The van der Waals surface area contributed by atoms with Gasteiger partial charge in [-0.25, -0.2) is 14.8 Å². The van der Waals surface area contributed by atoms with Gasteiger partial charge in [0.15, 0.2) is 0 Å². The molecule has 2 aromatic rings. The molecule has 4 atom stereocenters. The van der Waals surface area contributed by atoms with E-state index in [1.807, 2.05) is 0 Å². The number of aromatic nitrogens is 4. The Kier molecular flexibility index (Phi) is 7.44. The van der Waals surface area contributed by atoms with Gasteiger partial charge in [0, 0.05) is 49.7 Å². The molecule has 6 N–H and O–H groups in total. The van der Waals surface area contributed by atoms with Gasteiger partial charge < -0.3 is 35.9 Å². The molecule has 4 unspecified atom stereocenters. The van der Waals surface area contributed by atoms with E-state index in [4.69, 9.17) is 5.73 Å². The van der Waals surface area contributed by atoms with Crippen LogP contribution in [0.15, 0.2) is 25.0 Å². The lowest BCUT2D eigenvalue weighted by Gasteiger charge is -2.30. The monoisotopic (exact) mass is 486 g/mol. The first-order valence-corrected chi connectivity index (χ1v) is 11.7. The summed E-state index contributed by atoms with van der Waals surface area (Å²) in [6.45, 7) is 0.696. The summed E-state index contributed by atoms with van der Waals surface area (Å²) >= 11 is 0. The molecule has 35 heavy (non-hydrogen) atoms. The maximum atomic E-state index is 13.3. The summed E-state index contributed by atoms with van der Waals surface area (Å²) in [5, 5.41) is 12.3. The highest BCUT2D eigenvalue weighted by Crippen LogP contribution is 2.22. The number of nitrogens with zero attached hydrogens (tertiary/aromatic N) is 4. The SMILES string of the molecule is NC(Cc1cnc[nH]1)C(=O)N1CCCC1C(=O)NC(Cc1cnc[nH]1)C(=O)N1CCCC1C(=O)O. The molecular weight excluding hydrogens is 456 g/mol. The van der Waals surface area contributed by atoms with Gasteiger partial charge in [-0.15, -0.1) is 0 Å². The Balaban J connectivity index is 1.46. The Hall–Kier alpha value is -3.74. The van der Waals surface area contributed by atoms with E-state index in [0.29, 0.717) is 44.5 Å². The van der Waals surface area contributed by atoms with Gasteiger partial charge in [-0.05, 0) is 25.7 Å². The zero-order valence-electron chi connectivity index (χ0n) is 19.2. The molecule has 0 aliphatic carbocycles. The number of amides is 3. The van der Waals surface area contributed by atoms with E-state index in [-0.39, 0.29) is 18.7 Å². The summed E-state index contributed by atoms with van der Waals surface area (Å²) < 4.78 is 0. The lowest BCUT2D eigenvalue weighted by Crippen LogP contribution is -2.57. The number of aromatic amines is 2. The van der Waals surface area contributed by atoms with E-state index >= 15 is 0 Å². The summed E-state index contributed by atoms with van der Waals surface area (Å²) in [7, 11) is 0. The van der Waals surface area contributed by atoms with E-state index in [0.717, 1.165) is 5.69 Å². The van der Waals surface area contributed by atoms with Crippen molar-refractivity contribution in [3.63, 3.8) is 0 Å². The normalized spacial score (nSPS) is 21.6. The zero-order chi connectivity index (χ0) is 24.9. The molecule has 2 aromatic heterocycles. The molecule has 188 valence electrons. The number of H-pyrrole nitrogens is 2. The van der Waals surface area contributed by atoms with Crippen molar-refractivity contribution in [1.82, 2.24) is 35.1 Å². The highest BCUT2D eigenvalue weighted by molar-refractivity contribution is 5.94. The molecule has 2 fully saturated rings. The minimum Gasteiger partial charge on any atom is -0.480 e. The topological polar surface area (TPSA) is 190 Å². The van der Waals surface area contributed by atoms with Crippen LogP contribution in [0.1, 0.15) is 37.1 Å². The number of carbonyl (C=O) groups is 4. The molecule has 2 aliphatic heterocycles. The Morgan fingerprint density at radius 3 is 2.11 bits per heavy atom. The van der Waals surface area contributed by atoms with E-state index in [2.05, 4.69) is 25.3 Å². The lowest BCUT2D eigenvalue weighted by atomic mass is 10.1. The highest BCUT2D eigenvalue weighted by atomic mass is 16.4. The molecule has 2 aliphatic rings. The van der Waals surface area contributed by atoms with Crippen LogP contribution in [0, 0.1) is 0 Å². The van der Waals surface area contributed by atoms with Crippen LogP contribution in [-0.4, -0.2) is 95.8 Å². The van der Waals surface area contributed by atoms with Crippen LogP contribution in [0.25, 0.3) is 0 Å². The number of hydrogen-bond donors (Lipinski definition) is 5. The maximum Gasteiger partial charge on any atom is 0.326 e. The molecular formula is C22H30N8O5. The van der Waals surface area contributed by atoms with Crippen molar-refractivity contribution in [2.24, 2.45) is 5.73 Å². The third-order valence-corrected chi connectivity index (χ3v) is 6.56. The first kappa shape index (κ1) is 24.4. The maximum absolute atomic E-state index is 13.3. The molecule has 13 nitrogen and oxygen atoms in total. The summed E-state index contributed by atoms with van der Waals surface area (Å²) in [4.78, 5) is 67.8. The van der Waals surface area contributed by atoms with Crippen LogP contribution < -0.4 is 11.1 Å². The Bertz CT molecular complexity index is 1040. The first-order valence-electron chi connectivity index (χ1n) is 11.7. The summed E-state index contributed by atoms with van der Waals surface area (Å²) in [6, 6.07) is -3.53. The number of likely N-dealkylation sites (tertiary alicyclic amines) is 2. The Morgan fingerprint density at radius 2 is 1.54 bits per heavy atom. The Labute approximate surface area is 201 Å². The Morgan fingerprint density at radius 1 is 0.971 bits per heavy atom. The van der Waals surface area contributed by atoms with Crippen molar-refractivity contribution in [2.75, 3.05) is 13.1 Å². The van der Waals surface area contributed by atoms with Gasteiger partial charge in [0.2, 0.25) is 17.7 Å². The number of carbonyl (C=O) groups excluding carboxylic acids is 3. The quantitative estimate of drug-likeness (QED) is 0.292. The van der Waals surface area contributed by atoms with Crippen molar-refractivity contribution < 1.29 is 24.3 Å². The fourth-order valence-corrected chi connectivity index (χ4v) is 4.81. The van der Waals surface area contributed by atoms with E-state index < -0.39 is 42.0 Å². The second-order valence-corrected chi connectivity index (χ2v) is 8.95. The standard InChI is InChI=1S/C22H30N8O5/c23-15(7-13-9-24-11-26-13)20(32)29-5-1-3-17(29)19(31)28-16(8-14-10-25-12-27-14)21(33)30-6-2-4-18(30)22(34)35/h9-12,15-18H,1-8,23H2,(H,24,26)(H,25,27)(H,28,31)(H,34,35). The second-order valence-electron chi connectivity index (χ2n) is 8.95. The lowest BCUT2D eigenvalue weighted by molar-refractivity contribution is -0.149. The molecule has 2 saturated heterocycles. The van der Waals surface area contributed by atoms with E-state index in [9.17, 15) is 24.3 Å². The zero-order valence-corrected chi connectivity index (χ0v) is 19.2. The number of rotatable bonds is 9. The van der Waals surface area contributed by atoms with Crippen molar-refractivity contribution in [2.45, 2.75) is 62.7 Å². The van der Waals surface area contributed by atoms with Crippen molar-refractivity contribution in [3.8, 4) is 0 Å². The largest absolute Gasteiger partial charge is 0.480 e. The fourth-order valence-electron chi connectivity index (χ4n) is 4.81. The van der Waals surface area contributed by atoms with E-state index in [1.165, 1.54) is 22.5 Å². The summed E-state index contributed by atoms with van der Waals surface area (Å²) in [5.74, 6) is -2.35. The molecule has 4 heterocycles. The minimum absolute atomic E-state index is 0.118. The fraction of sp³-hybridized carbons (Fsp3) is 0.545. The minimum atomic E-state index is -1.07. The molecule has 3 amide bonds. The number of carboxylic acids is 1. The molecule has 13 heteroatoms. The third-order valence-electron chi connectivity index (χ3n) is 6.56. The number of carboxylic acid groups (broad SMARTS) is 1. The molecule has 0 spiro atoms. The second kappa shape index (κ2) is 10.7. The molecule has 0 bridgehead atoms. The predicted octanol–water partition coefficient (Wildman–Crippen LogP) is -1.20.